The molecule has 3 rings (SSSR count). The smallest absolute Gasteiger partial charge is 0.121 e. The highest BCUT2D eigenvalue weighted by Gasteiger charge is 2.35. The van der Waals surface area contributed by atoms with Crippen LogP contribution in [0.3, 0.4) is 0 Å². The van der Waals surface area contributed by atoms with Gasteiger partial charge in [-0.3, -0.25) is 0 Å². The van der Waals surface area contributed by atoms with Crippen LogP contribution in [0.4, 0.5) is 0 Å². The van der Waals surface area contributed by atoms with E-state index in [9.17, 15) is 0 Å². The van der Waals surface area contributed by atoms with Gasteiger partial charge in [-0.05, 0) is 25.0 Å². The van der Waals surface area contributed by atoms with Crippen molar-refractivity contribution >= 4 is 5.52 Å². The van der Waals surface area contributed by atoms with Gasteiger partial charge in [0.1, 0.15) is 5.82 Å². The normalized spacial score (nSPS) is 25.4. The lowest BCUT2D eigenvalue weighted by molar-refractivity contribution is 0.179. The van der Waals surface area contributed by atoms with Crippen LogP contribution in [0.5, 0.6) is 0 Å². The first-order valence-corrected chi connectivity index (χ1v) is 5.71. The van der Waals surface area contributed by atoms with Crippen LogP contribution in [-0.2, 0) is 10.2 Å². The summed E-state index contributed by atoms with van der Waals surface area (Å²) in [7, 11) is 0. The number of hydrogen-bond donors (Lipinski definition) is 0. The zero-order chi connectivity index (χ0) is 11.2. The van der Waals surface area contributed by atoms with E-state index >= 15 is 0 Å². The van der Waals surface area contributed by atoms with E-state index in [-0.39, 0.29) is 5.41 Å². The Balaban J connectivity index is 2.19. The molecule has 3 heterocycles. The van der Waals surface area contributed by atoms with Gasteiger partial charge in [0.05, 0.1) is 23.7 Å². The van der Waals surface area contributed by atoms with Gasteiger partial charge in [-0.15, -0.1) is 0 Å². The zero-order valence-electron chi connectivity index (χ0n) is 9.73. The lowest BCUT2D eigenvalue weighted by Gasteiger charge is -2.20. The largest absolute Gasteiger partial charge is 0.380 e. The van der Waals surface area contributed by atoms with E-state index in [0.717, 1.165) is 31.0 Å². The van der Waals surface area contributed by atoms with Crippen molar-refractivity contribution in [1.29, 1.82) is 0 Å². The third kappa shape index (κ3) is 1.35. The fourth-order valence-electron chi connectivity index (χ4n) is 2.39. The summed E-state index contributed by atoms with van der Waals surface area (Å²) in [6.45, 7) is 5.96. The Morgan fingerprint density at radius 1 is 1.44 bits per heavy atom. The topological polar surface area (TPSA) is 26.5 Å². The molecule has 3 nitrogen and oxygen atoms in total. The van der Waals surface area contributed by atoms with E-state index in [1.807, 2.05) is 6.20 Å². The monoisotopic (exact) mass is 216 g/mol. The van der Waals surface area contributed by atoms with Crippen LogP contribution in [0.2, 0.25) is 0 Å². The van der Waals surface area contributed by atoms with Gasteiger partial charge in [0.25, 0.3) is 0 Å². The van der Waals surface area contributed by atoms with E-state index in [1.54, 1.807) is 0 Å². The van der Waals surface area contributed by atoms with Crippen LogP contribution in [-0.4, -0.2) is 22.6 Å². The van der Waals surface area contributed by atoms with Crippen molar-refractivity contribution in [2.75, 3.05) is 13.2 Å². The Labute approximate surface area is 95.1 Å². The lowest BCUT2D eigenvalue weighted by atomic mass is 9.89. The van der Waals surface area contributed by atoms with Crippen LogP contribution >= 0.6 is 0 Å². The molecule has 0 bridgehead atoms. The Kier molecular flexibility index (Phi) is 2.04. The molecule has 0 amide bonds. The summed E-state index contributed by atoms with van der Waals surface area (Å²) in [5.41, 5.74) is 2.49. The van der Waals surface area contributed by atoms with Crippen LogP contribution in [0.25, 0.3) is 5.52 Å². The van der Waals surface area contributed by atoms with Crippen molar-refractivity contribution in [2.24, 2.45) is 0 Å². The molecule has 1 saturated heterocycles. The van der Waals surface area contributed by atoms with E-state index < -0.39 is 0 Å². The Morgan fingerprint density at radius 2 is 2.31 bits per heavy atom. The van der Waals surface area contributed by atoms with E-state index in [1.165, 1.54) is 5.56 Å². The fourth-order valence-corrected chi connectivity index (χ4v) is 2.39. The van der Waals surface area contributed by atoms with Crippen LogP contribution < -0.4 is 0 Å². The van der Waals surface area contributed by atoms with Gasteiger partial charge in [-0.1, -0.05) is 13.0 Å². The molecule has 2 aromatic heterocycles. The molecule has 1 fully saturated rings. The second kappa shape index (κ2) is 3.32. The Bertz CT molecular complexity index is 524. The minimum Gasteiger partial charge on any atom is -0.380 e. The summed E-state index contributed by atoms with van der Waals surface area (Å²) in [4.78, 5) is 4.57. The summed E-state index contributed by atoms with van der Waals surface area (Å²) >= 11 is 0. The molecule has 1 unspecified atom stereocenters. The number of aromatic nitrogens is 2. The maximum Gasteiger partial charge on any atom is 0.121 e. The fraction of sp³-hybridized carbons (Fsp3) is 0.462. The number of ether oxygens (including phenoxy) is 1. The molecule has 0 saturated carbocycles. The van der Waals surface area contributed by atoms with Crippen molar-refractivity contribution < 1.29 is 4.74 Å². The van der Waals surface area contributed by atoms with E-state index in [2.05, 4.69) is 41.6 Å². The molecule has 1 aliphatic rings. The van der Waals surface area contributed by atoms with Crippen LogP contribution in [0, 0.1) is 6.92 Å². The predicted molar refractivity (Wildman–Crippen MR) is 62.7 cm³/mol. The van der Waals surface area contributed by atoms with Crippen LogP contribution in [0.1, 0.15) is 24.7 Å². The number of rotatable bonds is 1. The highest BCUT2D eigenvalue weighted by atomic mass is 16.5. The third-order valence-electron chi connectivity index (χ3n) is 3.43. The number of nitrogens with zero attached hydrogens (tertiary/aromatic N) is 2. The standard InChI is InChI=1S/C13H16N2O/c1-10-3-4-11-7-14-12(15(11)8-10)13(2)5-6-16-9-13/h3-4,7-8H,5-6,9H2,1-2H3. The van der Waals surface area contributed by atoms with Gasteiger partial charge >= 0.3 is 0 Å². The number of aryl methyl sites for hydroxylation is 1. The highest BCUT2D eigenvalue weighted by Crippen LogP contribution is 2.32. The van der Waals surface area contributed by atoms with Crippen molar-refractivity contribution in [3.63, 3.8) is 0 Å². The van der Waals surface area contributed by atoms with E-state index in [0.29, 0.717) is 0 Å². The molecule has 2 aromatic rings. The van der Waals surface area contributed by atoms with Gasteiger partial charge in [0, 0.05) is 12.8 Å². The quantitative estimate of drug-likeness (QED) is 0.731. The van der Waals surface area contributed by atoms with E-state index in [4.69, 9.17) is 4.74 Å². The molecule has 16 heavy (non-hydrogen) atoms. The van der Waals surface area contributed by atoms with Crippen molar-refractivity contribution in [3.8, 4) is 0 Å². The second-order valence-corrected chi connectivity index (χ2v) is 4.95. The minimum absolute atomic E-state index is 0.0697. The number of imidazole rings is 1. The lowest BCUT2D eigenvalue weighted by Crippen LogP contribution is -2.25. The minimum atomic E-state index is 0.0697. The Hall–Kier alpha value is -1.35. The van der Waals surface area contributed by atoms with Crippen LogP contribution in [0.15, 0.2) is 24.5 Å². The SMILES string of the molecule is Cc1ccc2cnc(C3(C)CCOC3)n2c1. The Morgan fingerprint density at radius 3 is 3.06 bits per heavy atom. The molecule has 1 atom stereocenters. The van der Waals surface area contributed by atoms with Gasteiger partial charge < -0.3 is 9.14 Å². The number of fused-ring (bicyclic) bond motifs is 1. The predicted octanol–water partition coefficient (Wildman–Crippen LogP) is 2.32. The summed E-state index contributed by atoms with van der Waals surface area (Å²) < 4.78 is 7.71. The summed E-state index contributed by atoms with van der Waals surface area (Å²) in [6, 6.07) is 4.24. The second-order valence-electron chi connectivity index (χ2n) is 4.95. The maximum atomic E-state index is 5.51. The summed E-state index contributed by atoms with van der Waals surface area (Å²) in [5, 5.41) is 0. The zero-order valence-corrected chi connectivity index (χ0v) is 9.73. The summed E-state index contributed by atoms with van der Waals surface area (Å²) in [5.74, 6) is 1.13. The summed E-state index contributed by atoms with van der Waals surface area (Å²) in [6.07, 6.45) is 5.15. The average Bonchev–Trinajstić information content (AvgIpc) is 2.84. The molecule has 0 radical (unpaired) electrons. The molecule has 84 valence electrons. The van der Waals surface area contributed by atoms with Crippen molar-refractivity contribution in [2.45, 2.75) is 25.7 Å². The van der Waals surface area contributed by atoms with Gasteiger partial charge in [0.2, 0.25) is 0 Å². The molecular weight excluding hydrogens is 200 g/mol. The molecule has 1 aliphatic heterocycles. The first-order valence-electron chi connectivity index (χ1n) is 5.71. The number of hydrogen-bond acceptors (Lipinski definition) is 2. The number of pyridine rings is 1. The molecule has 3 heteroatoms. The molecule has 0 aliphatic carbocycles. The maximum absolute atomic E-state index is 5.51. The highest BCUT2D eigenvalue weighted by molar-refractivity contribution is 5.48. The van der Waals surface area contributed by atoms with Gasteiger partial charge in [0.15, 0.2) is 0 Å². The molecule has 0 spiro atoms. The van der Waals surface area contributed by atoms with Crippen molar-refractivity contribution in [3.05, 3.63) is 35.9 Å². The molecular formula is C13H16N2O. The molecule has 0 aromatic carbocycles. The third-order valence-corrected chi connectivity index (χ3v) is 3.43. The first kappa shape index (κ1) is 9.85. The van der Waals surface area contributed by atoms with Gasteiger partial charge in [-0.25, -0.2) is 4.98 Å². The average molecular weight is 216 g/mol. The van der Waals surface area contributed by atoms with Gasteiger partial charge in [-0.2, -0.15) is 0 Å². The molecule has 0 N–H and O–H groups in total. The van der Waals surface area contributed by atoms with Crippen molar-refractivity contribution in [1.82, 2.24) is 9.38 Å². The first-order chi connectivity index (χ1) is 7.69.